The van der Waals surface area contributed by atoms with E-state index in [0.717, 1.165) is 27.8 Å². The van der Waals surface area contributed by atoms with Crippen LogP contribution in [0.3, 0.4) is 0 Å². The Balaban J connectivity index is 1.33. The van der Waals surface area contributed by atoms with Crippen molar-refractivity contribution >= 4 is 35.4 Å². The Morgan fingerprint density at radius 3 is 2.16 bits per heavy atom. The maximum absolute atomic E-state index is 14.0. The van der Waals surface area contributed by atoms with E-state index in [1.54, 1.807) is 39.8 Å². The van der Waals surface area contributed by atoms with Gasteiger partial charge in [0.05, 0.1) is 11.7 Å². The minimum atomic E-state index is -1.27. The number of carboxylic acid groups (broad SMARTS) is 1. The fourth-order valence-electron chi connectivity index (χ4n) is 6.74. The van der Waals surface area contributed by atoms with Crippen LogP contribution in [0, 0.1) is 5.92 Å². The molecule has 0 radical (unpaired) electrons. The average molecular weight is 684 g/mol. The second kappa shape index (κ2) is 15.2. The molecule has 4 atom stereocenters. The quantitative estimate of drug-likeness (QED) is 0.201. The van der Waals surface area contributed by atoms with Crippen LogP contribution in [-0.2, 0) is 35.1 Å². The van der Waals surface area contributed by atoms with Gasteiger partial charge in [-0.1, -0.05) is 73.7 Å². The Labute approximate surface area is 292 Å². The summed E-state index contributed by atoms with van der Waals surface area (Å²) in [4.78, 5) is 66.6. The smallest absolute Gasteiger partial charge is 0.415 e. The van der Waals surface area contributed by atoms with Crippen molar-refractivity contribution in [2.24, 2.45) is 11.7 Å². The van der Waals surface area contributed by atoms with Gasteiger partial charge in [0.2, 0.25) is 5.91 Å². The largest absolute Gasteiger partial charge is 0.480 e. The van der Waals surface area contributed by atoms with Gasteiger partial charge in [0.1, 0.15) is 24.3 Å². The summed E-state index contributed by atoms with van der Waals surface area (Å²) in [5.74, 6) is -3.56. The summed E-state index contributed by atoms with van der Waals surface area (Å²) in [5, 5.41) is 12.2. The molecular formula is C39H45N3O8. The van der Waals surface area contributed by atoms with Gasteiger partial charge in [-0.25, -0.2) is 4.79 Å². The number of ketones is 1. The fourth-order valence-corrected chi connectivity index (χ4v) is 6.74. The number of amides is 2. The molecule has 11 nitrogen and oxygen atoms in total. The van der Waals surface area contributed by atoms with Crippen molar-refractivity contribution < 1.29 is 38.6 Å². The molecule has 3 aromatic rings. The number of nitrogens with two attached hydrogens (primary N) is 1. The summed E-state index contributed by atoms with van der Waals surface area (Å²) in [5.41, 5.74) is 10.7. The number of nitrogens with one attached hydrogen (secondary N) is 1. The number of carbonyl (C=O) groups is 5. The first kappa shape index (κ1) is 36.3. The van der Waals surface area contributed by atoms with Crippen LogP contribution in [0.25, 0.3) is 11.1 Å². The highest BCUT2D eigenvalue weighted by Gasteiger charge is 2.41. The number of para-hydroxylation sites is 1. The van der Waals surface area contributed by atoms with Crippen molar-refractivity contribution in [3.05, 3.63) is 89.5 Å². The summed E-state index contributed by atoms with van der Waals surface area (Å²) in [6.07, 6.45) is -0.347. The molecule has 2 aliphatic rings. The molecule has 0 saturated heterocycles. The van der Waals surface area contributed by atoms with Crippen LogP contribution >= 0.6 is 0 Å². The maximum atomic E-state index is 14.0. The number of ether oxygens (including phenoxy) is 2. The molecule has 5 rings (SSSR count). The first-order valence-electron chi connectivity index (χ1n) is 17.0. The summed E-state index contributed by atoms with van der Waals surface area (Å²) < 4.78 is 11.4. The number of esters is 1. The number of rotatable bonds is 13. The summed E-state index contributed by atoms with van der Waals surface area (Å²) in [6.45, 7) is 6.89. The van der Waals surface area contributed by atoms with Crippen molar-refractivity contribution in [1.29, 1.82) is 0 Å². The molecule has 0 bridgehead atoms. The Morgan fingerprint density at radius 2 is 1.54 bits per heavy atom. The number of carbonyl (C=O) groups excluding carboxylic acids is 4. The minimum Gasteiger partial charge on any atom is -0.480 e. The zero-order valence-corrected chi connectivity index (χ0v) is 28.9. The number of anilines is 1. The van der Waals surface area contributed by atoms with Crippen LogP contribution in [0.4, 0.5) is 10.5 Å². The number of hydrogen-bond donors (Lipinski definition) is 3. The molecule has 1 heterocycles. The second-order valence-electron chi connectivity index (χ2n) is 14.1. The van der Waals surface area contributed by atoms with Crippen LogP contribution in [-0.4, -0.2) is 65.2 Å². The molecule has 264 valence electrons. The van der Waals surface area contributed by atoms with Gasteiger partial charge in [-0.3, -0.25) is 24.1 Å². The number of carboxylic acids is 1. The third-order valence-corrected chi connectivity index (χ3v) is 9.23. The van der Waals surface area contributed by atoms with Gasteiger partial charge in [-0.15, -0.1) is 0 Å². The molecule has 3 aromatic carbocycles. The van der Waals surface area contributed by atoms with E-state index in [1.165, 1.54) is 4.90 Å². The molecule has 11 heteroatoms. The van der Waals surface area contributed by atoms with E-state index in [-0.39, 0.29) is 44.6 Å². The number of hydrogen-bond acceptors (Lipinski definition) is 8. The highest BCUT2D eigenvalue weighted by molar-refractivity contribution is 6.02. The third kappa shape index (κ3) is 8.22. The standard InChI is InChI=1S/C39H45N3O8/c1-23(35(40)37(46)47)20-33(43)30(17-11-19-34(44)50-39(2,3)4)41-36(45)32-21-24-12-5-10-18-31(24)42(32)38(48)49-22-29-27-15-8-6-13-25(27)26-14-7-9-16-28(26)29/h5-10,12-16,18,23,29-30,32,35H,11,17,19-22,40H2,1-4H3,(H,41,45)(H,46,47)/t23?,30?,32?,35-/m0/s1. The topological polar surface area (TPSA) is 165 Å². The highest BCUT2D eigenvalue weighted by atomic mass is 16.6. The predicted octanol–water partition coefficient (Wildman–Crippen LogP) is 5.37. The van der Waals surface area contributed by atoms with E-state index in [4.69, 9.17) is 15.2 Å². The van der Waals surface area contributed by atoms with Crippen molar-refractivity contribution in [2.45, 2.75) is 89.4 Å². The number of aliphatic carboxylic acids is 1. The van der Waals surface area contributed by atoms with Crippen molar-refractivity contribution in [1.82, 2.24) is 5.32 Å². The average Bonchev–Trinajstić information content (AvgIpc) is 3.62. The molecule has 0 fully saturated rings. The van der Waals surface area contributed by atoms with Crippen LogP contribution in [0.1, 0.15) is 76.0 Å². The van der Waals surface area contributed by atoms with Crippen LogP contribution in [0.5, 0.6) is 0 Å². The maximum Gasteiger partial charge on any atom is 0.415 e. The Kier molecular flexibility index (Phi) is 11.1. The van der Waals surface area contributed by atoms with Gasteiger partial charge in [0.25, 0.3) is 0 Å². The third-order valence-electron chi connectivity index (χ3n) is 9.23. The fraction of sp³-hybridized carbons (Fsp3) is 0.410. The lowest BCUT2D eigenvalue weighted by Gasteiger charge is -2.27. The number of Topliss-reactive ketones (excluding diaryl/α,β-unsaturated/α-hetero) is 1. The first-order valence-corrected chi connectivity index (χ1v) is 17.0. The predicted molar refractivity (Wildman–Crippen MR) is 188 cm³/mol. The minimum absolute atomic E-state index is 0.0157. The van der Waals surface area contributed by atoms with E-state index in [0.29, 0.717) is 5.69 Å². The molecule has 0 aromatic heterocycles. The monoisotopic (exact) mass is 683 g/mol. The van der Waals surface area contributed by atoms with Crippen molar-refractivity contribution in [2.75, 3.05) is 11.5 Å². The molecule has 2 amide bonds. The SMILES string of the molecule is CC(CC(=O)C(CCCC(=O)OC(C)(C)C)NC(=O)C1Cc2ccccc2N1C(=O)OCC1c2ccccc2-c2ccccc21)[C@H](N)C(=O)O. The van der Waals surface area contributed by atoms with Crippen LogP contribution in [0.2, 0.25) is 0 Å². The van der Waals surface area contributed by atoms with Gasteiger partial charge in [-0.05, 0) is 73.4 Å². The second-order valence-corrected chi connectivity index (χ2v) is 14.1. The van der Waals surface area contributed by atoms with E-state index in [2.05, 4.69) is 5.32 Å². The van der Waals surface area contributed by atoms with Crippen LogP contribution in [0.15, 0.2) is 72.8 Å². The molecule has 50 heavy (non-hydrogen) atoms. The van der Waals surface area contributed by atoms with Gasteiger partial charge in [-0.2, -0.15) is 0 Å². The lowest BCUT2D eigenvalue weighted by atomic mass is 9.92. The van der Waals surface area contributed by atoms with E-state index >= 15 is 0 Å². The molecule has 0 spiro atoms. The Bertz CT molecular complexity index is 1720. The van der Waals surface area contributed by atoms with E-state index in [9.17, 15) is 29.1 Å². The molecular weight excluding hydrogens is 638 g/mol. The van der Waals surface area contributed by atoms with Crippen LogP contribution < -0.4 is 16.0 Å². The van der Waals surface area contributed by atoms with Gasteiger partial charge in [0.15, 0.2) is 5.78 Å². The molecule has 1 aliphatic carbocycles. The lowest BCUT2D eigenvalue weighted by molar-refractivity contribution is -0.155. The van der Waals surface area contributed by atoms with Crippen molar-refractivity contribution in [3.63, 3.8) is 0 Å². The summed E-state index contributed by atoms with van der Waals surface area (Å²) in [6, 6.07) is 19.9. The highest BCUT2D eigenvalue weighted by Crippen LogP contribution is 2.45. The van der Waals surface area contributed by atoms with Gasteiger partial charge < -0.3 is 25.6 Å². The number of nitrogens with zero attached hydrogens (tertiary/aromatic N) is 1. The molecule has 3 unspecified atom stereocenters. The number of benzene rings is 3. The molecule has 1 aliphatic heterocycles. The zero-order valence-electron chi connectivity index (χ0n) is 28.9. The lowest BCUT2D eigenvalue weighted by Crippen LogP contribution is -2.53. The van der Waals surface area contributed by atoms with E-state index < -0.39 is 59.4 Å². The Hall–Kier alpha value is -5.03. The van der Waals surface area contributed by atoms with Crippen molar-refractivity contribution in [3.8, 4) is 11.1 Å². The summed E-state index contributed by atoms with van der Waals surface area (Å²) in [7, 11) is 0. The zero-order chi connectivity index (χ0) is 36.2. The summed E-state index contributed by atoms with van der Waals surface area (Å²) >= 11 is 0. The van der Waals surface area contributed by atoms with Gasteiger partial charge >= 0.3 is 18.0 Å². The first-order chi connectivity index (χ1) is 23.7. The molecule has 4 N–H and O–H groups in total. The Morgan fingerprint density at radius 1 is 0.940 bits per heavy atom. The number of fused-ring (bicyclic) bond motifs is 4. The normalized spacial score (nSPS) is 16.7. The molecule has 0 saturated carbocycles. The van der Waals surface area contributed by atoms with E-state index in [1.807, 2.05) is 60.7 Å². The van der Waals surface area contributed by atoms with Gasteiger partial charge in [0, 0.05) is 25.2 Å².